The van der Waals surface area contributed by atoms with Gasteiger partial charge < -0.3 is 19.8 Å². The second-order valence-electron chi connectivity index (χ2n) is 3.83. The lowest BCUT2D eigenvalue weighted by Gasteiger charge is -2.24. The first-order valence-corrected chi connectivity index (χ1v) is 5.22. The summed E-state index contributed by atoms with van der Waals surface area (Å²) in [7, 11) is 0. The van der Waals surface area contributed by atoms with Gasteiger partial charge in [-0.15, -0.1) is 0 Å². The zero-order chi connectivity index (χ0) is 10.7. The lowest BCUT2D eigenvalue weighted by molar-refractivity contribution is -0.0938. The van der Waals surface area contributed by atoms with Gasteiger partial charge in [0.15, 0.2) is 0 Å². The summed E-state index contributed by atoms with van der Waals surface area (Å²) in [6, 6.07) is -0.00277. The molecular weight excluding hydrogens is 194 g/mol. The van der Waals surface area contributed by atoms with Crippen LogP contribution in [0.25, 0.3) is 0 Å². The van der Waals surface area contributed by atoms with Crippen LogP contribution < -0.4 is 5.73 Å². The Kier molecular flexibility index (Phi) is 3.35. The quantitative estimate of drug-likeness (QED) is 0.782. The van der Waals surface area contributed by atoms with Crippen molar-refractivity contribution in [1.29, 1.82) is 0 Å². The smallest absolute Gasteiger partial charge is 0.0988 e. The SMILES string of the molecule is C[C@@H](N)c1cncn1CC1COCCO1. The molecule has 1 aliphatic rings. The maximum absolute atomic E-state index is 5.83. The molecule has 1 fully saturated rings. The van der Waals surface area contributed by atoms with Crippen LogP contribution in [-0.4, -0.2) is 35.5 Å². The molecule has 0 spiro atoms. The van der Waals surface area contributed by atoms with E-state index >= 15 is 0 Å². The maximum atomic E-state index is 5.83. The summed E-state index contributed by atoms with van der Waals surface area (Å²) in [5, 5.41) is 0. The Morgan fingerprint density at radius 1 is 1.67 bits per heavy atom. The van der Waals surface area contributed by atoms with Gasteiger partial charge in [-0.25, -0.2) is 4.98 Å². The minimum absolute atomic E-state index is 0.00277. The van der Waals surface area contributed by atoms with Gasteiger partial charge in [-0.1, -0.05) is 0 Å². The zero-order valence-corrected chi connectivity index (χ0v) is 8.93. The molecule has 0 radical (unpaired) electrons. The van der Waals surface area contributed by atoms with Crippen molar-refractivity contribution in [3.05, 3.63) is 18.2 Å². The topological polar surface area (TPSA) is 62.3 Å². The molecule has 2 rings (SSSR count). The van der Waals surface area contributed by atoms with Crippen LogP contribution in [0, 0.1) is 0 Å². The highest BCUT2D eigenvalue weighted by Gasteiger charge is 2.16. The third-order valence-electron chi connectivity index (χ3n) is 2.50. The predicted molar refractivity (Wildman–Crippen MR) is 55.4 cm³/mol. The molecule has 2 N–H and O–H groups in total. The van der Waals surface area contributed by atoms with Gasteiger partial charge in [0.1, 0.15) is 0 Å². The Bertz CT molecular complexity index is 305. The Balaban J connectivity index is 1.99. The summed E-state index contributed by atoms with van der Waals surface area (Å²) in [6.45, 7) is 4.73. The largest absolute Gasteiger partial charge is 0.376 e. The van der Waals surface area contributed by atoms with Gasteiger partial charge in [-0.2, -0.15) is 0 Å². The van der Waals surface area contributed by atoms with Crippen LogP contribution in [0.3, 0.4) is 0 Å². The Labute approximate surface area is 89.2 Å². The maximum Gasteiger partial charge on any atom is 0.0988 e. The second-order valence-corrected chi connectivity index (χ2v) is 3.83. The molecule has 1 aliphatic heterocycles. The lowest BCUT2D eigenvalue weighted by Crippen LogP contribution is -2.32. The van der Waals surface area contributed by atoms with Gasteiger partial charge in [-0.05, 0) is 6.92 Å². The fourth-order valence-electron chi connectivity index (χ4n) is 1.72. The first kappa shape index (κ1) is 10.6. The Hall–Kier alpha value is -0.910. The van der Waals surface area contributed by atoms with Crippen molar-refractivity contribution in [2.45, 2.75) is 25.6 Å². The third kappa shape index (κ3) is 2.56. The van der Waals surface area contributed by atoms with E-state index in [1.807, 2.05) is 11.5 Å². The van der Waals surface area contributed by atoms with Crippen molar-refractivity contribution >= 4 is 0 Å². The molecule has 1 aromatic rings. The van der Waals surface area contributed by atoms with Crippen LogP contribution in [0.2, 0.25) is 0 Å². The van der Waals surface area contributed by atoms with Crippen LogP contribution >= 0.6 is 0 Å². The number of nitrogens with two attached hydrogens (primary N) is 1. The standard InChI is InChI=1S/C10H17N3O2/c1-8(11)10-4-12-7-13(10)5-9-6-14-2-3-15-9/h4,7-9H,2-3,5-6,11H2,1H3/t8-,9?/m1/s1. The molecule has 1 aromatic heterocycles. The molecule has 0 bridgehead atoms. The third-order valence-corrected chi connectivity index (χ3v) is 2.50. The molecule has 0 saturated carbocycles. The summed E-state index contributed by atoms with van der Waals surface area (Å²) >= 11 is 0. The summed E-state index contributed by atoms with van der Waals surface area (Å²) in [5.41, 5.74) is 6.86. The van der Waals surface area contributed by atoms with E-state index in [1.54, 1.807) is 12.5 Å². The number of nitrogens with zero attached hydrogens (tertiary/aromatic N) is 2. The van der Waals surface area contributed by atoms with Crippen molar-refractivity contribution in [3.63, 3.8) is 0 Å². The molecular formula is C10H17N3O2. The minimum atomic E-state index is -0.00277. The molecule has 5 nitrogen and oxygen atoms in total. The molecule has 15 heavy (non-hydrogen) atoms. The van der Waals surface area contributed by atoms with E-state index in [-0.39, 0.29) is 12.1 Å². The van der Waals surface area contributed by atoms with Gasteiger partial charge in [0.05, 0.1) is 44.5 Å². The van der Waals surface area contributed by atoms with Crippen molar-refractivity contribution in [2.24, 2.45) is 5.73 Å². The normalized spacial score (nSPS) is 24.0. The fourth-order valence-corrected chi connectivity index (χ4v) is 1.72. The first-order valence-electron chi connectivity index (χ1n) is 5.22. The van der Waals surface area contributed by atoms with Crippen molar-refractivity contribution in [2.75, 3.05) is 19.8 Å². The minimum Gasteiger partial charge on any atom is -0.376 e. The van der Waals surface area contributed by atoms with Crippen LogP contribution in [-0.2, 0) is 16.0 Å². The lowest BCUT2D eigenvalue weighted by atomic mass is 10.2. The van der Waals surface area contributed by atoms with Crippen LogP contribution in [0.4, 0.5) is 0 Å². The molecule has 1 saturated heterocycles. The Morgan fingerprint density at radius 3 is 3.20 bits per heavy atom. The summed E-state index contributed by atoms with van der Waals surface area (Å²) in [4.78, 5) is 4.10. The van der Waals surface area contributed by atoms with E-state index in [4.69, 9.17) is 15.2 Å². The molecule has 84 valence electrons. The molecule has 0 amide bonds. The molecule has 5 heteroatoms. The van der Waals surface area contributed by atoms with Gasteiger partial charge in [0.2, 0.25) is 0 Å². The van der Waals surface area contributed by atoms with E-state index in [9.17, 15) is 0 Å². The van der Waals surface area contributed by atoms with Gasteiger partial charge >= 0.3 is 0 Å². The summed E-state index contributed by atoms with van der Waals surface area (Å²) in [5.74, 6) is 0. The van der Waals surface area contributed by atoms with E-state index in [0.717, 1.165) is 12.2 Å². The van der Waals surface area contributed by atoms with Crippen molar-refractivity contribution < 1.29 is 9.47 Å². The molecule has 2 atom stereocenters. The molecule has 1 unspecified atom stereocenters. The molecule has 0 aliphatic carbocycles. The number of hydrogen-bond acceptors (Lipinski definition) is 4. The molecule has 2 heterocycles. The van der Waals surface area contributed by atoms with E-state index in [0.29, 0.717) is 19.8 Å². The highest BCUT2D eigenvalue weighted by atomic mass is 16.6. The first-order chi connectivity index (χ1) is 7.27. The average Bonchev–Trinajstić information content (AvgIpc) is 2.67. The van der Waals surface area contributed by atoms with Crippen molar-refractivity contribution in [1.82, 2.24) is 9.55 Å². The van der Waals surface area contributed by atoms with Gasteiger partial charge in [0.25, 0.3) is 0 Å². The zero-order valence-electron chi connectivity index (χ0n) is 8.93. The number of rotatable bonds is 3. The summed E-state index contributed by atoms with van der Waals surface area (Å²) < 4.78 is 12.9. The van der Waals surface area contributed by atoms with E-state index < -0.39 is 0 Å². The fraction of sp³-hybridized carbons (Fsp3) is 0.700. The average molecular weight is 211 g/mol. The highest BCUT2D eigenvalue weighted by Crippen LogP contribution is 2.11. The number of ether oxygens (including phenoxy) is 2. The number of aromatic nitrogens is 2. The monoisotopic (exact) mass is 211 g/mol. The van der Waals surface area contributed by atoms with E-state index in [2.05, 4.69) is 4.98 Å². The molecule has 0 aromatic carbocycles. The second kappa shape index (κ2) is 4.74. The summed E-state index contributed by atoms with van der Waals surface area (Å²) in [6.07, 6.45) is 3.70. The van der Waals surface area contributed by atoms with Gasteiger partial charge in [0, 0.05) is 12.2 Å². The van der Waals surface area contributed by atoms with Crippen LogP contribution in [0.5, 0.6) is 0 Å². The van der Waals surface area contributed by atoms with Crippen LogP contribution in [0.15, 0.2) is 12.5 Å². The van der Waals surface area contributed by atoms with Crippen LogP contribution in [0.1, 0.15) is 18.7 Å². The number of imidazole rings is 1. The predicted octanol–water partition coefficient (Wildman–Crippen LogP) is 0.318. The number of hydrogen-bond donors (Lipinski definition) is 1. The van der Waals surface area contributed by atoms with Gasteiger partial charge in [-0.3, -0.25) is 0 Å². The van der Waals surface area contributed by atoms with Crippen molar-refractivity contribution in [3.8, 4) is 0 Å². The highest BCUT2D eigenvalue weighted by molar-refractivity contribution is 5.03. The van der Waals surface area contributed by atoms with E-state index in [1.165, 1.54) is 0 Å². The Morgan fingerprint density at radius 2 is 2.53 bits per heavy atom.